The molecule has 7 nitrogen and oxygen atoms in total. The van der Waals surface area contributed by atoms with Gasteiger partial charge in [0.05, 0.1) is 23.7 Å². The highest BCUT2D eigenvalue weighted by Gasteiger charge is 2.28. The predicted molar refractivity (Wildman–Crippen MR) is 77.6 cm³/mol. The van der Waals surface area contributed by atoms with Gasteiger partial charge in [0.15, 0.2) is 0 Å². The van der Waals surface area contributed by atoms with E-state index >= 15 is 0 Å². The number of ether oxygens (including phenoxy) is 1. The van der Waals surface area contributed by atoms with Crippen molar-refractivity contribution in [2.45, 2.75) is 19.4 Å². The summed E-state index contributed by atoms with van der Waals surface area (Å²) in [6, 6.07) is 4.23. The van der Waals surface area contributed by atoms with Crippen molar-refractivity contribution in [3.05, 3.63) is 33.9 Å². The van der Waals surface area contributed by atoms with E-state index in [1.165, 1.54) is 25.3 Å². The van der Waals surface area contributed by atoms with Gasteiger partial charge >= 0.3 is 0 Å². The molecule has 21 heavy (non-hydrogen) atoms. The number of rotatable bonds is 5. The standard InChI is InChI=1S/C14H19N3O4/c1-3-16(11-6-7-15-9-11)14(18)12-5-4-10(17(19)20)8-13(12)21-2/h4-5,8,11,15H,3,6-7,9H2,1-2H3. The summed E-state index contributed by atoms with van der Waals surface area (Å²) in [5.74, 6) is 0.0801. The first-order valence-corrected chi connectivity index (χ1v) is 6.92. The molecule has 1 aliphatic heterocycles. The van der Waals surface area contributed by atoms with Crippen LogP contribution in [0.2, 0.25) is 0 Å². The molecular formula is C14H19N3O4. The Labute approximate surface area is 123 Å². The minimum absolute atomic E-state index is 0.0889. The minimum atomic E-state index is -0.505. The Kier molecular flexibility index (Phi) is 4.74. The summed E-state index contributed by atoms with van der Waals surface area (Å²) in [4.78, 5) is 24.7. The second kappa shape index (κ2) is 6.53. The van der Waals surface area contributed by atoms with Gasteiger partial charge in [-0.05, 0) is 26.0 Å². The van der Waals surface area contributed by atoms with E-state index in [-0.39, 0.29) is 23.4 Å². The topological polar surface area (TPSA) is 84.7 Å². The minimum Gasteiger partial charge on any atom is -0.496 e. The van der Waals surface area contributed by atoms with E-state index in [9.17, 15) is 14.9 Å². The van der Waals surface area contributed by atoms with Gasteiger partial charge in [0.1, 0.15) is 5.75 Å². The molecule has 1 N–H and O–H groups in total. The van der Waals surface area contributed by atoms with Gasteiger partial charge in [0, 0.05) is 25.2 Å². The number of carbonyl (C=O) groups excluding carboxylic acids is 1. The zero-order chi connectivity index (χ0) is 15.4. The number of amides is 1. The molecule has 7 heteroatoms. The largest absolute Gasteiger partial charge is 0.496 e. The van der Waals surface area contributed by atoms with Crippen molar-refractivity contribution in [1.82, 2.24) is 10.2 Å². The third-order valence-electron chi connectivity index (χ3n) is 3.70. The van der Waals surface area contributed by atoms with Crippen molar-refractivity contribution in [3.63, 3.8) is 0 Å². The molecular weight excluding hydrogens is 274 g/mol. The molecule has 0 aliphatic carbocycles. The first-order chi connectivity index (χ1) is 10.1. The van der Waals surface area contributed by atoms with Crippen LogP contribution < -0.4 is 10.1 Å². The molecule has 1 saturated heterocycles. The van der Waals surface area contributed by atoms with Crippen molar-refractivity contribution in [1.29, 1.82) is 0 Å². The molecule has 1 aliphatic rings. The molecule has 1 atom stereocenters. The van der Waals surface area contributed by atoms with Crippen LogP contribution in [0.25, 0.3) is 0 Å². The van der Waals surface area contributed by atoms with Gasteiger partial charge in [-0.1, -0.05) is 0 Å². The lowest BCUT2D eigenvalue weighted by Crippen LogP contribution is -2.41. The Morgan fingerprint density at radius 2 is 2.33 bits per heavy atom. The number of nitrogens with zero attached hydrogens (tertiary/aromatic N) is 2. The van der Waals surface area contributed by atoms with E-state index in [2.05, 4.69) is 5.32 Å². The molecule has 0 bridgehead atoms. The molecule has 1 unspecified atom stereocenters. The molecule has 0 spiro atoms. The molecule has 1 amide bonds. The molecule has 1 fully saturated rings. The zero-order valence-electron chi connectivity index (χ0n) is 12.2. The number of nitro benzene ring substituents is 1. The predicted octanol–water partition coefficient (Wildman–Crippen LogP) is 1.43. The van der Waals surface area contributed by atoms with Crippen molar-refractivity contribution in [3.8, 4) is 5.75 Å². The molecule has 114 valence electrons. The fourth-order valence-corrected chi connectivity index (χ4v) is 2.60. The lowest BCUT2D eigenvalue weighted by molar-refractivity contribution is -0.384. The molecule has 0 aromatic heterocycles. The number of methoxy groups -OCH3 is 1. The number of nitro groups is 1. The van der Waals surface area contributed by atoms with Gasteiger partial charge in [0.25, 0.3) is 11.6 Å². The van der Waals surface area contributed by atoms with Crippen LogP contribution in [0.3, 0.4) is 0 Å². The quantitative estimate of drug-likeness (QED) is 0.655. The number of non-ortho nitro benzene ring substituents is 1. The van der Waals surface area contributed by atoms with Gasteiger partial charge in [0.2, 0.25) is 0 Å². The smallest absolute Gasteiger partial charge is 0.273 e. The van der Waals surface area contributed by atoms with Crippen LogP contribution in [-0.4, -0.2) is 48.5 Å². The highest BCUT2D eigenvalue weighted by molar-refractivity contribution is 5.97. The lowest BCUT2D eigenvalue weighted by atomic mass is 10.1. The third-order valence-corrected chi connectivity index (χ3v) is 3.70. The summed E-state index contributed by atoms with van der Waals surface area (Å²) in [6.07, 6.45) is 0.912. The van der Waals surface area contributed by atoms with Crippen LogP contribution in [0.1, 0.15) is 23.7 Å². The maximum Gasteiger partial charge on any atom is 0.273 e. The highest BCUT2D eigenvalue weighted by Crippen LogP contribution is 2.26. The average Bonchev–Trinajstić information content (AvgIpc) is 3.01. The van der Waals surface area contributed by atoms with Crippen LogP contribution in [0.4, 0.5) is 5.69 Å². The Hall–Kier alpha value is -2.15. The molecule has 0 radical (unpaired) electrons. The van der Waals surface area contributed by atoms with E-state index in [0.29, 0.717) is 12.1 Å². The second-order valence-electron chi connectivity index (χ2n) is 4.88. The zero-order valence-corrected chi connectivity index (χ0v) is 12.2. The number of benzene rings is 1. The summed E-state index contributed by atoms with van der Waals surface area (Å²) in [7, 11) is 1.41. The van der Waals surface area contributed by atoms with Gasteiger partial charge < -0.3 is 15.0 Å². The van der Waals surface area contributed by atoms with E-state index in [1.54, 1.807) is 4.90 Å². The van der Waals surface area contributed by atoms with E-state index in [4.69, 9.17) is 4.74 Å². The summed E-state index contributed by atoms with van der Waals surface area (Å²) < 4.78 is 5.15. The van der Waals surface area contributed by atoms with Crippen LogP contribution in [0.15, 0.2) is 18.2 Å². The molecule has 0 saturated carbocycles. The first kappa shape index (κ1) is 15.2. The van der Waals surface area contributed by atoms with Crippen LogP contribution in [-0.2, 0) is 0 Å². The van der Waals surface area contributed by atoms with Crippen molar-refractivity contribution in [2.24, 2.45) is 0 Å². The Balaban J connectivity index is 2.30. The van der Waals surface area contributed by atoms with Gasteiger partial charge in [-0.2, -0.15) is 0 Å². The number of hydrogen-bond acceptors (Lipinski definition) is 5. The van der Waals surface area contributed by atoms with Crippen LogP contribution >= 0.6 is 0 Å². The SMILES string of the molecule is CCN(C(=O)c1ccc([N+](=O)[O-])cc1OC)C1CCNC1. The fourth-order valence-electron chi connectivity index (χ4n) is 2.60. The normalized spacial score (nSPS) is 17.5. The summed E-state index contributed by atoms with van der Waals surface area (Å²) in [5, 5.41) is 14.0. The summed E-state index contributed by atoms with van der Waals surface area (Å²) >= 11 is 0. The van der Waals surface area contributed by atoms with Crippen molar-refractivity contribution < 1.29 is 14.5 Å². The lowest BCUT2D eigenvalue weighted by Gasteiger charge is -2.27. The highest BCUT2D eigenvalue weighted by atomic mass is 16.6. The van der Waals surface area contributed by atoms with E-state index in [0.717, 1.165) is 19.5 Å². The summed E-state index contributed by atoms with van der Waals surface area (Å²) in [6.45, 7) is 4.18. The Morgan fingerprint density at radius 1 is 1.57 bits per heavy atom. The van der Waals surface area contributed by atoms with Crippen molar-refractivity contribution >= 4 is 11.6 Å². The van der Waals surface area contributed by atoms with Crippen molar-refractivity contribution in [2.75, 3.05) is 26.7 Å². The number of hydrogen-bond donors (Lipinski definition) is 1. The van der Waals surface area contributed by atoms with Crippen LogP contribution in [0, 0.1) is 10.1 Å². The molecule has 2 rings (SSSR count). The van der Waals surface area contributed by atoms with Gasteiger partial charge in [-0.15, -0.1) is 0 Å². The van der Waals surface area contributed by atoms with E-state index in [1.807, 2.05) is 6.92 Å². The number of nitrogens with one attached hydrogen (secondary N) is 1. The monoisotopic (exact) mass is 293 g/mol. The van der Waals surface area contributed by atoms with Gasteiger partial charge in [-0.3, -0.25) is 14.9 Å². The molecule has 1 aromatic carbocycles. The molecule has 1 heterocycles. The number of likely N-dealkylation sites (N-methyl/N-ethyl adjacent to an activating group) is 1. The maximum absolute atomic E-state index is 12.7. The maximum atomic E-state index is 12.7. The van der Waals surface area contributed by atoms with Crippen LogP contribution in [0.5, 0.6) is 5.75 Å². The Bertz CT molecular complexity index is 541. The van der Waals surface area contributed by atoms with Gasteiger partial charge in [-0.25, -0.2) is 0 Å². The molecule has 1 aromatic rings. The fraction of sp³-hybridized carbons (Fsp3) is 0.500. The Morgan fingerprint density at radius 3 is 2.86 bits per heavy atom. The summed E-state index contributed by atoms with van der Waals surface area (Å²) in [5.41, 5.74) is 0.269. The second-order valence-corrected chi connectivity index (χ2v) is 4.88. The van der Waals surface area contributed by atoms with E-state index < -0.39 is 4.92 Å². The average molecular weight is 293 g/mol. The first-order valence-electron chi connectivity index (χ1n) is 6.92. The third kappa shape index (κ3) is 3.13. The number of carbonyl (C=O) groups is 1.